The van der Waals surface area contributed by atoms with Crippen LogP contribution in [0.5, 0.6) is 5.75 Å². The van der Waals surface area contributed by atoms with Gasteiger partial charge >= 0.3 is 11.6 Å². The summed E-state index contributed by atoms with van der Waals surface area (Å²) in [6.45, 7) is 2.31. The largest absolute Gasteiger partial charge is 0.491 e. The highest BCUT2D eigenvalue weighted by molar-refractivity contribution is 6.04. The molecule has 2 aromatic heterocycles. The normalized spacial score (nSPS) is 22.3. The monoisotopic (exact) mass is 461 g/mol. The molecule has 0 saturated heterocycles. The molecule has 1 amide bonds. The molecule has 0 atom stereocenters. The zero-order valence-corrected chi connectivity index (χ0v) is 19.2. The van der Waals surface area contributed by atoms with Crippen molar-refractivity contribution in [3.63, 3.8) is 0 Å². The third-order valence-electron chi connectivity index (χ3n) is 6.85. The molecule has 2 aliphatic rings. The van der Waals surface area contributed by atoms with Gasteiger partial charge in [0, 0.05) is 41.4 Å². The first-order valence-corrected chi connectivity index (χ1v) is 11.7. The molecule has 3 aromatic rings. The second-order valence-electron chi connectivity index (χ2n) is 9.50. The summed E-state index contributed by atoms with van der Waals surface area (Å²) in [5, 5.41) is 29.1. The van der Waals surface area contributed by atoms with Crippen molar-refractivity contribution < 1.29 is 24.6 Å². The second-order valence-corrected chi connectivity index (χ2v) is 9.50. The SMILES string of the molecule is C#CC1(O)CCC(n2cc3cc(NC(=O)c4cccc(C)[n+]4O)c(OCC4CC4)cc3n2)CC1. The van der Waals surface area contributed by atoms with Crippen molar-refractivity contribution in [3.8, 4) is 18.1 Å². The molecule has 2 fully saturated rings. The molecule has 8 nitrogen and oxygen atoms in total. The van der Waals surface area contributed by atoms with Gasteiger partial charge < -0.3 is 15.2 Å². The summed E-state index contributed by atoms with van der Waals surface area (Å²) in [5.74, 6) is 3.18. The van der Waals surface area contributed by atoms with Crippen LogP contribution in [0.2, 0.25) is 0 Å². The zero-order chi connectivity index (χ0) is 23.9. The fourth-order valence-electron chi connectivity index (χ4n) is 4.42. The molecule has 8 heteroatoms. The number of fused-ring (bicyclic) bond motifs is 1. The van der Waals surface area contributed by atoms with Crippen LogP contribution in [0.4, 0.5) is 5.69 Å². The van der Waals surface area contributed by atoms with Crippen LogP contribution in [-0.4, -0.2) is 38.2 Å². The van der Waals surface area contributed by atoms with Gasteiger partial charge in [-0.2, -0.15) is 5.10 Å². The van der Waals surface area contributed by atoms with E-state index >= 15 is 0 Å². The third-order valence-corrected chi connectivity index (χ3v) is 6.85. The average Bonchev–Trinajstić information content (AvgIpc) is 3.57. The minimum absolute atomic E-state index is 0.132. The minimum atomic E-state index is -1.02. The number of aliphatic hydroxyl groups is 1. The van der Waals surface area contributed by atoms with Gasteiger partial charge in [0.25, 0.3) is 0 Å². The highest BCUT2D eigenvalue weighted by atomic mass is 16.5. The number of hydrogen-bond acceptors (Lipinski definition) is 5. The Hall–Kier alpha value is -3.57. The maximum absolute atomic E-state index is 13.0. The van der Waals surface area contributed by atoms with E-state index in [1.54, 1.807) is 25.1 Å². The second kappa shape index (κ2) is 8.65. The first-order chi connectivity index (χ1) is 16.3. The number of nitrogens with one attached hydrogen (secondary N) is 1. The van der Waals surface area contributed by atoms with Crippen molar-refractivity contribution in [3.05, 3.63) is 47.9 Å². The van der Waals surface area contributed by atoms with Gasteiger partial charge in [-0.25, -0.2) is 0 Å². The number of carbonyl (C=O) groups excluding carboxylic acids is 1. The predicted octanol–water partition coefficient (Wildman–Crippen LogP) is 3.39. The number of hydrogen-bond donors (Lipinski definition) is 3. The zero-order valence-electron chi connectivity index (χ0n) is 19.2. The van der Waals surface area contributed by atoms with Crippen molar-refractivity contribution >= 4 is 22.5 Å². The van der Waals surface area contributed by atoms with Gasteiger partial charge in [0.1, 0.15) is 11.4 Å². The first kappa shape index (κ1) is 22.2. The Kier molecular flexibility index (Phi) is 5.66. The van der Waals surface area contributed by atoms with Crippen molar-refractivity contribution in [1.82, 2.24) is 9.78 Å². The third kappa shape index (κ3) is 4.44. The predicted molar refractivity (Wildman–Crippen MR) is 126 cm³/mol. The van der Waals surface area contributed by atoms with Gasteiger partial charge in [0.05, 0.1) is 23.9 Å². The van der Waals surface area contributed by atoms with Crippen LogP contribution in [-0.2, 0) is 0 Å². The number of benzene rings is 1. The molecule has 0 bridgehead atoms. The number of nitrogens with zero attached hydrogens (tertiary/aromatic N) is 3. The molecule has 0 aliphatic heterocycles. The van der Waals surface area contributed by atoms with Crippen molar-refractivity contribution in [2.24, 2.45) is 5.92 Å². The van der Waals surface area contributed by atoms with E-state index in [9.17, 15) is 15.1 Å². The van der Waals surface area contributed by atoms with Crippen LogP contribution < -0.4 is 14.8 Å². The van der Waals surface area contributed by atoms with Gasteiger partial charge in [0.2, 0.25) is 5.69 Å². The summed E-state index contributed by atoms with van der Waals surface area (Å²) in [5.41, 5.74) is 0.967. The Morgan fingerprint density at radius 2 is 2.09 bits per heavy atom. The molecule has 1 aromatic carbocycles. The van der Waals surface area contributed by atoms with Crippen molar-refractivity contribution in [2.45, 2.75) is 57.1 Å². The first-order valence-electron chi connectivity index (χ1n) is 11.7. The molecule has 5 rings (SSSR count). The lowest BCUT2D eigenvalue weighted by Gasteiger charge is -2.32. The Bertz CT molecular complexity index is 1280. The maximum Gasteiger partial charge on any atom is 0.325 e. The van der Waals surface area contributed by atoms with Crippen molar-refractivity contribution in [1.29, 1.82) is 0 Å². The van der Waals surface area contributed by atoms with E-state index in [0.29, 0.717) is 42.5 Å². The number of ether oxygens (including phenoxy) is 1. The highest BCUT2D eigenvalue weighted by Crippen LogP contribution is 2.37. The van der Waals surface area contributed by atoms with E-state index in [2.05, 4.69) is 11.2 Å². The van der Waals surface area contributed by atoms with E-state index in [1.807, 2.05) is 23.0 Å². The summed E-state index contributed by atoms with van der Waals surface area (Å²) in [7, 11) is 0. The minimum Gasteiger partial charge on any atom is -0.491 e. The average molecular weight is 462 g/mol. The van der Waals surface area contributed by atoms with Crippen LogP contribution >= 0.6 is 0 Å². The maximum atomic E-state index is 13.0. The smallest absolute Gasteiger partial charge is 0.325 e. The molecule has 176 valence electrons. The molecule has 2 heterocycles. The summed E-state index contributed by atoms with van der Waals surface area (Å²) < 4.78 is 8.87. The van der Waals surface area contributed by atoms with Gasteiger partial charge in [-0.15, -0.1) is 6.42 Å². The molecule has 2 aliphatic carbocycles. The molecule has 0 spiro atoms. The fourth-order valence-corrected chi connectivity index (χ4v) is 4.42. The number of rotatable bonds is 6. The number of aromatic nitrogens is 3. The standard InChI is InChI=1S/C26H28N4O4/c1-3-26(32)11-9-20(10-12-26)29-15-19-13-22(24(14-21(19)28-29)34-16-18-7-8-18)27-25(31)23-6-4-5-17(2)30(23)33/h1,4-6,13-15,18,20,32H,7-12,16H2,2H3,(H-,27,31,33)/p+1. The number of anilines is 1. The molecule has 3 N–H and O–H groups in total. The van der Waals surface area contributed by atoms with Crippen LogP contribution in [0.15, 0.2) is 36.5 Å². The Balaban J connectivity index is 1.43. The Morgan fingerprint density at radius 1 is 1.32 bits per heavy atom. The fraction of sp³-hybridized carbons (Fsp3) is 0.423. The number of terminal acetylenes is 1. The van der Waals surface area contributed by atoms with E-state index in [1.165, 1.54) is 0 Å². The van der Waals surface area contributed by atoms with Gasteiger partial charge in [-0.05, 0) is 56.6 Å². The van der Waals surface area contributed by atoms with E-state index in [4.69, 9.17) is 16.3 Å². The Labute approximate surface area is 198 Å². The molecular weight excluding hydrogens is 432 g/mol. The lowest BCUT2D eigenvalue weighted by molar-refractivity contribution is -0.909. The van der Waals surface area contributed by atoms with Crippen LogP contribution in [0, 0.1) is 25.2 Å². The lowest BCUT2D eigenvalue weighted by atomic mass is 9.83. The number of amides is 1. The lowest BCUT2D eigenvalue weighted by Crippen LogP contribution is -2.42. The number of carbonyl (C=O) groups is 1. The Morgan fingerprint density at radius 3 is 2.79 bits per heavy atom. The summed E-state index contributed by atoms with van der Waals surface area (Å²) in [6, 6.07) is 8.86. The molecule has 0 radical (unpaired) electrons. The van der Waals surface area contributed by atoms with Gasteiger partial charge in [-0.1, -0.05) is 5.92 Å². The molecular formula is C26H29N4O4+. The van der Waals surface area contributed by atoms with Crippen molar-refractivity contribution in [2.75, 3.05) is 11.9 Å². The van der Waals surface area contributed by atoms with Crippen LogP contribution in [0.1, 0.15) is 60.7 Å². The molecule has 2 saturated carbocycles. The summed E-state index contributed by atoms with van der Waals surface area (Å²) >= 11 is 0. The van der Waals surface area contributed by atoms with Crippen LogP contribution in [0.25, 0.3) is 10.9 Å². The van der Waals surface area contributed by atoms with E-state index in [-0.39, 0.29) is 11.7 Å². The highest BCUT2D eigenvalue weighted by Gasteiger charge is 2.32. The number of aryl methyl sites for hydroxylation is 1. The van der Waals surface area contributed by atoms with E-state index < -0.39 is 11.5 Å². The molecule has 0 unspecified atom stereocenters. The molecule has 34 heavy (non-hydrogen) atoms. The van der Waals surface area contributed by atoms with Gasteiger partial charge in [-0.3, -0.25) is 14.7 Å². The summed E-state index contributed by atoms with van der Waals surface area (Å²) in [4.78, 5) is 13.0. The quantitative estimate of drug-likeness (QED) is 0.297. The topological polar surface area (TPSA) is 100 Å². The number of pyridine rings is 1. The van der Waals surface area contributed by atoms with E-state index in [0.717, 1.165) is 41.3 Å². The van der Waals surface area contributed by atoms with Gasteiger partial charge in [0.15, 0.2) is 0 Å². The summed E-state index contributed by atoms with van der Waals surface area (Å²) in [6.07, 6.45) is 12.3. The van der Waals surface area contributed by atoms with Crippen LogP contribution in [0.3, 0.4) is 0 Å².